The van der Waals surface area contributed by atoms with Gasteiger partial charge >= 0.3 is 0 Å². The molecule has 4 rings (SSSR count). The first-order valence-corrected chi connectivity index (χ1v) is 9.76. The molecule has 1 N–H and O–H groups in total. The van der Waals surface area contributed by atoms with E-state index >= 15 is 0 Å². The molecule has 0 atom stereocenters. The molecular weight excluding hydrogens is 376 g/mol. The minimum atomic E-state index is -0.166. The number of hydrogen-bond donors (Lipinski definition) is 1. The number of thioether (sulfide) groups is 1. The average Bonchev–Trinajstić information content (AvgIpc) is 3.33. The molecule has 0 bridgehead atoms. The van der Waals surface area contributed by atoms with Crippen molar-refractivity contribution in [3.8, 4) is 0 Å². The molecule has 4 aromatic rings. The third-order valence-corrected chi connectivity index (χ3v) is 5.11. The van der Waals surface area contributed by atoms with E-state index in [2.05, 4.69) is 25.7 Å². The molecular formula is C19H18N6O2S. The maximum atomic E-state index is 12.6. The van der Waals surface area contributed by atoms with Crippen molar-refractivity contribution in [1.82, 2.24) is 30.1 Å². The molecule has 8 nitrogen and oxygen atoms in total. The van der Waals surface area contributed by atoms with E-state index in [0.717, 1.165) is 22.9 Å². The van der Waals surface area contributed by atoms with Gasteiger partial charge in [0.15, 0.2) is 5.65 Å². The van der Waals surface area contributed by atoms with Crippen molar-refractivity contribution in [3.05, 3.63) is 71.6 Å². The number of hydrogen-bond acceptors (Lipinski definition) is 7. The highest BCUT2D eigenvalue weighted by molar-refractivity contribution is 7.98. The summed E-state index contributed by atoms with van der Waals surface area (Å²) in [5, 5.41) is 15.9. The molecule has 0 aliphatic heterocycles. The summed E-state index contributed by atoms with van der Waals surface area (Å²) in [6.07, 6.45) is 4.17. The van der Waals surface area contributed by atoms with Crippen molar-refractivity contribution in [2.24, 2.45) is 0 Å². The molecule has 142 valence electrons. The largest absolute Gasteiger partial charge is 0.361 e. The molecule has 4 aromatic heterocycles. The Bertz CT molecular complexity index is 1110. The van der Waals surface area contributed by atoms with E-state index in [9.17, 15) is 4.79 Å². The van der Waals surface area contributed by atoms with Crippen LogP contribution in [0.2, 0.25) is 0 Å². The molecule has 28 heavy (non-hydrogen) atoms. The normalized spacial score (nSPS) is 11.0. The first-order valence-electron chi connectivity index (χ1n) is 8.77. The molecule has 0 aromatic carbocycles. The summed E-state index contributed by atoms with van der Waals surface area (Å²) < 4.78 is 6.99. The Morgan fingerprint density at radius 2 is 2.18 bits per heavy atom. The summed E-state index contributed by atoms with van der Waals surface area (Å²) in [7, 11) is 0. The SMILES string of the molecule is Cc1cc(CSc2ncccc2C(=O)NCCc2nnc3ccccn23)no1. The van der Waals surface area contributed by atoms with Crippen molar-refractivity contribution in [1.29, 1.82) is 0 Å². The number of pyridine rings is 2. The van der Waals surface area contributed by atoms with Crippen LogP contribution in [0.5, 0.6) is 0 Å². The summed E-state index contributed by atoms with van der Waals surface area (Å²) >= 11 is 1.45. The third-order valence-electron chi connectivity index (χ3n) is 4.07. The Kier molecular flexibility index (Phi) is 5.34. The highest BCUT2D eigenvalue weighted by Gasteiger charge is 2.14. The summed E-state index contributed by atoms with van der Waals surface area (Å²) in [5.74, 6) is 1.98. The minimum absolute atomic E-state index is 0.166. The number of nitrogens with zero attached hydrogens (tertiary/aromatic N) is 5. The number of carbonyl (C=O) groups excluding carboxylic acids is 1. The Morgan fingerprint density at radius 1 is 1.25 bits per heavy atom. The molecule has 4 heterocycles. The molecule has 0 saturated carbocycles. The van der Waals surface area contributed by atoms with Gasteiger partial charge in [0.2, 0.25) is 0 Å². The van der Waals surface area contributed by atoms with Crippen molar-refractivity contribution in [3.63, 3.8) is 0 Å². The fourth-order valence-corrected chi connectivity index (χ4v) is 3.62. The van der Waals surface area contributed by atoms with Crippen LogP contribution in [0.15, 0.2) is 58.3 Å². The molecule has 0 aliphatic carbocycles. The molecule has 0 unspecified atom stereocenters. The van der Waals surface area contributed by atoms with Gasteiger partial charge in [-0.15, -0.1) is 10.2 Å². The predicted molar refractivity (Wildman–Crippen MR) is 104 cm³/mol. The number of aryl methyl sites for hydroxylation is 1. The smallest absolute Gasteiger partial charge is 0.254 e. The van der Waals surface area contributed by atoms with Gasteiger partial charge < -0.3 is 9.84 Å². The fourth-order valence-electron chi connectivity index (χ4n) is 2.75. The van der Waals surface area contributed by atoms with Crippen LogP contribution < -0.4 is 5.32 Å². The van der Waals surface area contributed by atoms with Gasteiger partial charge in [-0.25, -0.2) is 4.98 Å². The lowest BCUT2D eigenvalue weighted by Gasteiger charge is -2.08. The zero-order valence-corrected chi connectivity index (χ0v) is 16.0. The van der Waals surface area contributed by atoms with E-state index in [1.807, 2.05) is 41.8 Å². The summed E-state index contributed by atoms with van der Waals surface area (Å²) in [4.78, 5) is 17.0. The van der Waals surface area contributed by atoms with Gasteiger partial charge in [-0.1, -0.05) is 23.0 Å². The topological polar surface area (TPSA) is 98.2 Å². The Labute approximate surface area is 165 Å². The predicted octanol–water partition coefficient (Wildman–Crippen LogP) is 2.69. The van der Waals surface area contributed by atoms with E-state index in [1.165, 1.54) is 11.8 Å². The number of fused-ring (bicyclic) bond motifs is 1. The third kappa shape index (κ3) is 4.04. The quantitative estimate of drug-likeness (QED) is 0.481. The maximum absolute atomic E-state index is 12.6. The van der Waals surface area contributed by atoms with Crippen molar-refractivity contribution in [2.75, 3.05) is 6.54 Å². The lowest BCUT2D eigenvalue weighted by atomic mass is 10.2. The summed E-state index contributed by atoms with van der Waals surface area (Å²) in [6, 6.07) is 11.1. The highest BCUT2D eigenvalue weighted by Crippen LogP contribution is 2.24. The van der Waals surface area contributed by atoms with E-state index < -0.39 is 0 Å². The second-order valence-corrected chi connectivity index (χ2v) is 7.09. The second kappa shape index (κ2) is 8.22. The number of nitrogens with one attached hydrogen (secondary N) is 1. The number of carbonyl (C=O) groups is 1. The van der Waals surface area contributed by atoms with Crippen LogP contribution in [-0.2, 0) is 12.2 Å². The van der Waals surface area contributed by atoms with Crippen LogP contribution >= 0.6 is 11.8 Å². The van der Waals surface area contributed by atoms with Gasteiger partial charge in [0.25, 0.3) is 5.91 Å². The summed E-state index contributed by atoms with van der Waals surface area (Å²) in [5.41, 5.74) is 2.15. The van der Waals surface area contributed by atoms with Gasteiger partial charge in [0.05, 0.1) is 11.3 Å². The van der Waals surface area contributed by atoms with Gasteiger partial charge in [0, 0.05) is 37.2 Å². The molecule has 0 fully saturated rings. The molecule has 0 saturated heterocycles. The number of aromatic nitrogens is 5. The average molecular weight is 394 g/mol. The molecule has 0 aliphatic rings. The van der Waals surface area contributed by atoms with Crippen LogP contribution in [0.3, 0.4) is 0 Å². The monoisotopic (exact) mass is 394 g/mol. The van der Waals surface area contributed by atoms with E-state index in [-0.39, 0.29) is 5.91 Å². The minimum Gasteiger partial charge on any atom is -0.361 e. The van der Waals surface area contributed by atoms with E-state index in [0.29, 0.717) is 29.3 Å². The Morgan fingerprint density at radius 3 is 3.04 bits per heavy atom. The molecule has 1 amide bonds. The zero-order valence-electron chi connectivity index (χ0n) is 15.2. The first kappa shape index (κ1) is 18.2. The maximum Gasteiger partial charge on any atom is 0.254 e. The van der Waals surface area contributed by atoms with Crippen molar-refractivity contribution >= 4 is 23.3 Å². The Hall–Kier alpha value is -3.20. The van der Waals surface area contributed by atoms with Crippen molar-refractivity contribution in [2.45, 2.75) is 24.1 Å². The molecule has 0 radical (unpaired) electrons. The number of rotatable bonds is 7. The van der Waals surface area contributed by atoms with Crippen LogP contribution in [0.4, 0.5) is 0 Å². The number of amides is 1. The van der Waals surface area contributed by atoms with Crippen LogP contribution in [0.25, 0.3) is 5.65 Å². The Balaban J connectivity index is 1.38. The van der Waals surface area contributed by atoms with E-state index in [1.54, 1.807) is 18.3 Å². The lowest BCUT2D eigenvalue weighted by molar-refractivity contribution is 0.0950. The first-order chi connectivity index (χ1) is 13.7. The van der Waals surface area contributed by atoms with Crippen LogP contribution in [0, 0.1) is 6.92 Å². The summed E-state index contributed by atoms with van der Waals surface area (Å²) in [6.45, 7) is 2.30. The standard InChI is InChI=1S/C19H18N6O2S/c1-13-11-14(24-27-13)12-28-19-15(5-4-8-21-19)18(26)20-9-7-17-23-22-16-6-2-3-10-25(16)17/h2-6,8,10-11H,7,9,12H2,1H3,(H,20,26). The fraction of sp³-hybridized carbons (Fsp3) is 0.211. The van der Waals surface area contributed by atoms with Gasteiger partial charge in [-0.05, 0) is 31.2 Å². The van der Waals surface area contributed by atoms with Gasteiger partial charge in [0.1, 0.15) is 16.6 Å². The highest BCUT2D eigenvalue weighted by atomic mass is 32.2. The lowest BCUT2D eigenvalue weighted by Crippen LogP contribution is -2.26. The van der Waals surface area contributed by atoms with Crippen LogP contribution in [0.1, 0.15) is 27.6 Å². The molecule has 9 heteroatoms. The van der Waals surface area contributed by atoms with E-state index in [4.69, 9.17) is 4.52 Å². The second-order valence-electron chi connectivity index (χ2n) is 6.12. The van der Waals surface area contributed by atoms with Gasteiger partial charge in [-0.3, -0.25) is 9.20 Å². The molecule has 0 spiro atoms. The van der Waals surface area contributed by atoms with Crippen LogP contribution in [-0.4, -0.2) is 37.2 Å². The van der Waals surface area contributed by atoms with Gasteiger partial charge in [-0.2, -0.15) is 0 Å². The van der Waals surface area contributed by atoms with Crippen molar-refractivity contribution < 1.29 is 9.32 Å². The zero-order chi connectivity index (χ0) is 19.3.